The standard InChI is InChI=1S/C22H28INO4S/c1-24-20-11-8-7-10-18(20)17(9-5-3-2-4-6-12-22(25)26)19-14-13-16(23)15-21(19)29(24,27)28/h7-8,10,13-15,17,20H,2-6,9,11-12H2,1H3,(H,25,26). The molecule has 3 rings (SSSR count). The minimum atomic E-state index is -3.54. The van der Waals surface area contributed by atoms with E-state index in [1.54, 1.807) is 17.4 Å². The first-order valence-corrected chi connectivity index (χ1v) is 12.7. The van der Waals surface area contributed by atoms with E-state index >= 15 is 0 Å². The number of aliphatic carboxylic acids is 1. The predicted octanol–water partition coefficient (Wildman–Crippen LogP) is 5.08. The fourth-order valence-corrected chi connectivity index (χ4v) is 6.68. The van der Waals surface area contributed by atoms with Gasteiger partial charge in [-0.3, -0.25) is 4.79 Å². The summed E-state index contributed by atoms with van der Waals surface area (Å²) in [6.45, 7) is 0. The van der Waals surface area contributed by atoms with Crippen molar-refractivity contribution in [1.29, 1.82) is 0 Å². The summed E-state index contributed by atoms with van der Waals surface area (Å²) in [6, 6.07) is 5.65. The quantitative estimate of drug-likeness (QED) is 0.377. The van der Waals surface area contributed by atoms with Gasteiger partial charge in [0.15, 0.2) is 0 Å². The van der Waals surface area contributed by atoms with Gasteiger partial charge >= 0.3 is 5.97 Å². The SMILES string of the molecule is CN1C2CC=CC=C2C(CCCCCCCC(=O)O)c2ccc(I)cc2S1(=O)=O. The van der Waals surface area contributed by atoms with Crippen molar-refractivity contribution in [1.82, 2.24) is 4.31 Å². The van der Waals surface area contributed by atoms with E-state index in [1.165, 1.54) is 5.57 Å². The Labute approximate surface area is 187 Å². The van der Waals surface area contributed by atoms with Crippen molar-refractivity contribution in [2.45, 2.75) is 68.2 Å². The molecule has 5 nitrogen and oxygen atoms in total. The molecule has 2 unspecified atom stereocenters. The maximum atomic E-state index is 13.3. The molecule has 0 saturated heterocycles. The highest BCUT2D eigenvalue weighted by atomic mass is 127. The number of rotatable bonds is 8. The molecule has 1 N–H and O–H groups in total. The average Bonchev–Trinajstić information content (AvgIpc) is 2.75. The van der Waals surface area contributed by atoms with E-state index < -0.39 is 16.0 Å². The Hall–Kier alpha value is -1.19. The van der Waals surface area contributed by atoms with Gasteiger partial charge in [-0.05, 0) is 65.1 Å². The minimum absolute atomic E-state index is 0.0932. The smallest absolute Gasteiger partial charge is 0.303 e. The molecule has 0 bridgehead atoms. The Morgan fingerprint density at radius 1 is 1.21 bits per heavy atom. The van der Waals surface area contributed by atoms with Crippen molar-refractivity contribution >= 4 is 38.6 Å². The van der Waals surface area contributed by atoms with Crippen LogP contribution in [-0.2, 0) is 14.8 Å². The van der Waals surface area contributed by atoms with Crippen LogP contribution in [0.15, 0.2) is 46.9 Å². The Morgan fingerprint density at radius 3 is 2.69 bits per heavy atom. The molecule has 1 aromatic carbocycles. The van der Waals surface area contributed by atoms with Gasteiger partial charge in [-0.2, -0.15) is 4.31 Å². The van der Waals surface area contributed by atoms with E-state index in [0.717, 1.165) is 47.7 Å². The van der Waals surface area contributed by atoms with Crippen molar-refractivity contribution in [2.75, 3.05) is 7.05 Å². The molecule has 2 atom stereocenters. The molecule has 0 amide bonds. The average molecular weight is 529 g/mol. The first-order chi connectivity index (χ1) is 13.8. The number of sulfonamides is 1. The lowest BCUT2D eigenvalue weighted by molar-refractivity contribution is -0.137. The third kappa shape index (κ3) is 5.11. The Kier molecular flexibility index (Phi) is 7.56. The second-order valence-corrected chi connectivity index (χ2v) is 11.0. The summed E-state index contributed by atoms with van der Waals surface area (Å²) in [7, 11) is -1.84. The van der Waals surface area contributed by atoms with Crippen LogP contribution in [0.4, 0.5) is 0 Å². The number of hydrogen-bond acceptors (Lipinski definition) is 3. The molecule has 1 aliphatic heterocycles. The molecule has 29 heavy (non-hydrogen) atoms. The normalized spacial score (nSPS) is 23.0. The second kappa shape index (κ2) is 9.75. The molecular weight excluding hydrogens is 501 g/mol. The number of hydrogen-bond donors (Lipinski definition) is 1. The molecule has 1 aliphatic carbocycles. The second-order valence-electron chi connectivity index (χ2n) is 7.80. The summed E-state index contributed by atoms with van der Waals surface area (Å²) in [5.41, 5.74) is 2.09. The maximum Gasteiger partial charge on any atom is 0.303 e. The highest BCUT2D eigenvalue weighted by Crippen LogP contribution is 2.44. The van der Waals surface area contributed by atoms with Gasteiger partial charge in [0.2, 0.25) is 10.0 Å². The van der Waals surface area contributed by atoms with Crippen molar-refractivity contribution in [3.05, 3.63) is 51.1 Å². The van der Waals surface area contributed by atoms with E-state index in [0.29, 0.717) is 11.3 Å². The molecule has 1 aromatic rings. The zero-order chi connectivity index (χ0) is 21.0. The minimum Gasteiger partial charge on any atom is -0.481 e. The highest BCUT2D eigenvalue weighted by molar-refractivity contribution is 14.1. The van der Waals surface area contributed by atoms with Crippen molar-refractivity contribution in [3.63, 3.8) is 0 Å². The first-order valence-electron chi connectivity index (χ1n) is 10.2. The van der Waals surface area contributed by atoms with Crippen LogP contribution < -0.4 is 0 Å². The summed E-state index contributed by atoms with van der Waals surface area (Å²) >= 11 is 2.17. The van der Waals surface area contributed by atoms with Crippen LogP contribution >= 0.6 is 22.6 Å². The van der Waals surface area contributed by atoms with Crippen molar-refractivity contribution in [2.24, 2.45) is 0 Å². The van der Waals surface area contributed by atoms with Crippen LogP contribution in [0.1, 0.15) is 62.8 Å². The van der Waals surface area contributed by atoms with Crippen molar-refractivity contribution < 1.29 is 18.3 Å². The molecule has 0 spiro atoms. The molecule has 0 aromatic heterocycles. The molecule has 158 valence electrons. The fraction of sp³-hybridized carbons (Fsp3) is 0.500. The molecular formula is C22H28INO4S. The number of carboxylic acids is 1. The van der Waals surface area contributed by atoms with Gasteiger partial charge < -0.3 is 5.11 Å². The largest absolute Gasteiger partial charge is 0.481 e. The van der Waals surface area contributed by atoms with Gasteiger partial charge in [0.05, 0.1) is 10.9 Å². The van der Waals surface area contributed by atoms with Crippen LogP contribution in [0.5, 0.6) is 0 Å². The van der Waals surface area contributed by atoms with Gasteiger partial charge in [0, 0.05) is 23.0 Å². The Bertz CT molecular complexity index is 923. The van der Waals surface area contributed by atoms with Crippen LogP contribution in [0.3, 0.4) is 0 Å². The van der Waals surface area contributed by atoms with E-state index in [1.807, 2.05) is 24.3 Å². The topological polar surface area (TPSA) is 74.7 Å². The highest BCUT2D eigenvalue weighted by Gasteiger charge is 2.40. The number of carbonyl (C=O) groups is 1. The number of likely N-dealkylation sites (N-methyl/N-ethyl adjacent to an activating group) is 1. The van der Waals surface area contributed by atoms with Crippen molar-refractivity contribution in [3.8, 4) is 0 Å². The summed E-state index contributed by atoms with van der Waals surface area (Å²) in [5, 5.41) is 8.73. The Morgan fingerprint density at radius 2 is 1.93 bits per heavy atom. The van der Waals surface area contributed by atoms with Crippen LogP contribution in [0.25, 0.3) is 0 Å². The number of fused-ring (bicyclic) bond motifs is 2. The molecule has 7 heteroatoms. The summed E-state index contributed by atoms with van der Waals surface area (Å²) in [6.07, 6.45) is 12.7. The number of nitrogens with zero attached hydrogens (tertiary/aromatic N) is 1. The van der Waals surface area contributed by atoms with E-state index in [2.05, 4.69) is 28.7 Å². The zero-order valence-electron chi connectivity index (χ0n) is 16.7. The van der Waals surface area contributed by atoms with Crippen LogP contribution in [0.2, 0.25) is 0 Å². The number of carboxylic acid groups (broad SMARTS) is 1. The molecule has 0 saturated carbocycles. The number of allylic oxidation sites excluding steroid dienone is 2. The van der Waals surface area contributed by atoms with Gasteiger partial charge in [-0.15, -0.1) is 0 Å². The molecule has 0 radical (unpaired) electrons. The lowest BCUT2D eigenvalue weighted by Gasteiger charge is -2.30. The Balaban J connectivity index is 1.81. The molecule has 0 fully saturated rings. The number of unbranched alkanes of at least 4 members (excludes halogenated alkanes) is 4. The summed E-state index contributed by atoms with van der Waals surface area (Å²) in [4.78, 5) is 11.1. The monoisotopic (exact) mass is 529 g/mol. The summed E-state index contributed by atoms with van der Waals surface area (Å²) < 4.78 is 29.1. The van der Waals surface area contributed by atoms with E-state index in [9.17, 15) is 13.2 Å². The van der Waals surface area contributed by atoms with Crippen LogP contribution in [0, 0.1) is 3.57 Å². The maximum absolute atomic E-state index is 13.3. The van der Waals surface area contributed by atoms with Crippen LogP contribution in [-0.4, -0.2) is 36.9 Å². The third-order valence-electron chi connectivity index (χ3n) is 5.90. The number of benzene rings is 1. The first kappa shape index (κ1) is 22.5. The van der Waals surface area contributed by atoms with Gasteiger partial charge in [-0.1, -0.05) is 50.0 Å². The zero-order valence-corrected chi connectivity index (χ0v) is 19.7. The van der Waals surface area contributed by atoms with E-state index in [4.69, 9.17) is 5.11 Å². The molecule has 2 aliphatic rings. The summed E-state index contributed by atoms with van der Waals surface area (Å²) in [5.74, 6) is -0.640. The lowest BCUT2D eigenvalue weighted by atomic mass is 9.80. The predicted molar refractivity (Wildman–Crippen MR) is 122 cm³/mol. The lowest BCUT2D eigenvalue weighted by Crippen LogP contribution is -2.37. The van der Waals surface area contributed by atoms with Gasteiger partial charge in [-0.25, -0.2) is 8.42 Å². The van der Waals surface area contributed by atoms with Gasteiger partial charge in [0.25, 0.3) is 0 Å². The third-order valence-corrected chi connectivity index (χ3v) is 8.49. The molecule has 1 heterocycles. The van der Waals surface area contributed by atoms with E-state index in [-0.39, 0.29) is 18.4 Å². The van der Waals surface area contributed by atoms with Gasteiger partial charge in [0.1, 0.15) is 0 Å². The number of halogens is 1. The fourth-order valence-electron chi connectivity index (χ4n) is 4.34.